The zero-order chi connectivity index (χ0) is 28.3. The van der Waals surface area contributed by atoms with E-state index in [1.54, 1.807) is 0 Å². The maximum Gasteiger partial charge on any atom is 0.183 e. The summed E-state index contributed by atoms with van der Waals surface area (Å²) >= 11 is 0. The fraction of sp³-hybridized carbons (Fsp3) is 0.516. The van der Waals surface area contributed by atoms with Gasteiger partial charge in [-0.15, -0.1) is 0 Å². The number of hydrogen-bond donors (Lipinski definition) is 0. The molecule has 0 bridgehead atoms. The highest BCUT2D eigenvalue weighted by Gasteiger charge is 2.58. The quantitative estimate of drug-likeness (QED) is 0.490. The number of carbonyl (C=O) groups is 1. The highest BCUT2D eigenvalue weighted by Crippen LogP contribution is 2.51. The zero-order valence-corrected chi connectivity index (χ0v) is 23.3. The van der Waals surface area contributed by atoms with Crippen LogP contribution in [-0.4, -0.2) is 59.4 Å². The van der Waals surface area contributed by atoms with Crippen molar-refractivity contribution in [3.8, 4) is 12.1 Å². The summed E-state index contributed by atoms with van der Waals surface area (Å²) in [4.78, 5) is 17.8. The van der Waals surface area contributed by atoms with Gasteiger partial charge in [-0.2, -0.15) is 10.5 Å². The molecule has 9 heteroatoms. The van der Waals surface area contributed by atoms with E-state index in [1.807, 2.05) is 72.4 Å². The molecule has 1 aliphatic carbocycles. The average molecular weight is 545 g/mol. The van der Waals surface area contributed by atoms with Gasteiger partial charge in [0.2, 0.25) is 0 Å². The summed E-state index contributed by atoms with van der Waals surface area (Å²) in [5.74, 6) is 0.395. The highest BCUT2D eigenvalue weighted by atomic mass is 16.7. The van der Waals surface area contributed by atoms with Gasteiger partial charge in [-0.05, 0) is 43.0 Å². The van der Waals surface area contributed by atoms with Crippen molar-refractivity contribution < 1.29 is 23.7 Å². The molecule has 2 spiro atoms. The molecule has 0 unspecified atom stereocenters. The SMILES string of the molecule is CC1CC2(COC(c3ccc(N(C)CC#N)cc3)OC2)C(=O)C2(COC(c3ccc(N(C)CC#N)cc3)OC2)C1. The highest BCUT2D eigenvalue weighted by molar-refractivity contribution is 5.92. The second-order valence-electron chi connectivity index (χ2n) is 11.5. The molecular formula is C31H36N4O5. The summed E-state index contributed by atoms with van der Waals surface area (Å²) in [6, 6.07) is 19.8. The molecule has 210 valence electrons. The molecule has 2 aliphatic heterocycles. The number of carbonyl (C=O) groups excluding carboxylic acids is 1. The summed E-state index contributed by atoms with van der Waals surface area (Å²) in [5.41, 5.74) is 2.18. The fourth-order valence-electron chi connectivity index (χ4n) is 6.32. The molecule has 0 aromatic heterocycles. The Balaban J connectivity index is 1.22. The number of nitriles is 2. The van der Waals surface area contributed by atoms with Gasteiger partial charge >= 0.3 is 0 Å². The number of rotatable bonds is 6. The van der Waals surface area contributed by atoms with Gasteiger partial charge < -0.3 is 28.7 Å². The summed E-state index contributed by atoms with van der Waals surface area (Å²) in [7, 11) is 3.74. The van der Waals surface area contributed by atoms with Crippen molar-refractivity contribution in [1.29, 1.82) is 10.5 Å². The predicted octanol–water partition coefficient (Wildman–Crippen LogP) is 4.37. The van der Waals surface area contributed by atoms with Crippen molar-refractivity contribution in [3.05, 3.63) is 59.7 Å². The number of ketones is 1. The summed E-state index contributed by atoms with van der Waals surface area (Å²) in [6.45, 7) is 3.95. The molecule has 3 fully saturated rings. The van der Waals surface area contributed by atoms with Crippen LogP contribution in [0, 0.1) is 39.4 Å². The summed E-state index contributed by atoms with van der Waals surface area (Å²) in [6.07, 6.45) is 0.333. The van der Waals surface area contributed by atoms with Gasteiger partial charge in [0.25, 0.3) is 0 Å². The Bertz CT molecular complexity index is 1170. The molecule has 5 rings (SSSR count). The molecule has 9 nitrogen and oxygen atoms in total. The lowest BCUT2D eigenvalue weighted by molar-refractivity contribution is -0.265. The Kier molecular flexibility index (Phi) is 8.11. The van der Waals surface area contributed by atoms with E-state index in [2.05, 4.69) is 19.1 Å². The largest absolute Gasteiger partial charge is 0.361 e. The van der Waals surface area contributed by atoms with Crippen LogP contribution in [0.1, 0.15) is 43.5 Å². The van der Waals surface area contributed by atoms with Crippen molar-refractivity contribution in [2.75, 3.05) is 63.4 Å². The van der Waals surface area contributed by atoms with Gasteiger partial charge in [-0.1, -0.05) is 31.2 Å². The minimum absolute atomic E-state index is 0.108. The molecule has 0 N–H and O–H groups in total. The van der Waals surface area contributed by atoms with Gasteiger partial charge in [0.15, 0.2) is 18.4 Å². The van der Waals surface area contributed by atoms with Crippen molar-refractivity contribution >= 4 is 17.2 Å². The van der Waals surface area contributed by atoms with Crippen molar-refractivity contribution in [3.63, 3.8) is 0 Å². The fourth-order valence-corrected chi connectivity index (χ4v) is 6.32. The van der Waals surface area contributed by atoms with Gasteiger partial charge in [0.05, 0.1) is 49.4 Å². The molecular weight excluding hydrogens is 508 g/mol. The topological polar surface area (TPSA) is 108 Å². The van der Waals surface area contributed by atoms with Gasteiger partial charge in [-0.3, -0.25) is 4.79 Å². The van der Waals surface area contributed by atoms with Gasteiger partial charge in [0.1, 0.15) is 13.1 Å². The third kappa shape index (κ3) is 5.43. The zero-order valence-electron chi connectivity index (χ0n) is 23.3. The van der Waals surface area contributed by atoms with E-state index in [-0.39, 0.29) is 11.7 Å². The van der Waals surface area contributed by atoms with E-state index in [4.69, 9.17) is 29.5 Å². The van der Waals surface area contributed by atoms with Crippen LogP contribution in [0.25, 0.3) is 0 Å². The molecule has 2 saturated heterocycles. The van der Waals surface area contributed by atoms with Gasteiger partial charge in [0, 0.05) is 36.6 Å². The standard InChI is InChI=1S/C31H36N4O5/c1-22-16-30(18-37-27(38-19-30)23-4-8-25(9-5-23)34(2)14-12-32)29(36)31(17-22)20-39-28(40-21-31)24-6-10-26(11-7-24)35(3)15-13-33/h4-11,22,27-28H,14-21H2,1-3H3. The first-order valence-electron chi connectivity index (χ1n) is 13.7. The van der Waals surface area contributed by atoms with E-state index < -0.39 is 23.4 Å². The number of ether oxygens (including phenoxy) is 4. The lowest BCUT2D eigenvalue weighted by atomic mass is 9.58. The molecule has 0 amide bonds. The van der Waals surface area contributed by atoms with Crippen LogP contribution in [0.2, 0.25) is 0 Å². The third-order valence-corrected chi connectivity index (χ3v) is 8.31. The Labute approximate surface area is 235 Å². The van der Waals surface area contributed by atoms with Crippen LogP contribution in [-0.2, 0) is 23.7 Å². The first kappa shape index (κ1) is 28.1. The molecule has 1 saturated carbocycles. The Morgan fingerprint density at radius 2 is 1.07 bits per heavy atom. The second kappa shape index (κ2) is 11.6. The van der Waals surface area contributed by atoms with Crippen LogP contribution in [0.15, 0.2) is 48.5 Å². The van der Waals surface area contributed by atoms with Crippen molar-refractivity contribution in [1.82, 2.24) is 0 Å². The third-order valence-electron chi connectivity index (χ3n) is 8.31. The van der Waals surface area contributed by atoms with Crippen molar-refractivity contribution in [2.24, 2.45) is 16.7 Å². The molecule has 2 aromatic carbocycles. The number of hydrogen-bond acceptors (Lipinski definition) is 9. The molecule has 0 atom stereocenters. The average Bonchev–Trinajstić information content (AvgIpc) is 2.97. The molecule has 2 heterocycles. The van der Waals surface area contributed by atoms with Crippen LogP contribution >= 0.6 is 0 Å². The first-order valence-corrected chi connectivity index (χ1v) is 13.7. The first-order chi connectivity index (χ1) is 19.3. The van der Waals surface area contributed by atoms with Gasteiger partial charge in [-0.25, -0.2) is 0 Å². The number of Topliss-reactive ketones (excluding diaryl/α,β-unsaturated/α-hetero) is 1. The molecule has 40 heavy (non-hydrogen) atoms. The van der Waals surface area contributed by atoms with Crippen molar-refractivity contribution in [2.45, 2.75) is 32.3 Å². The Hall–Kier alpha value is -3.47. The maximum atomic E-state index is 14.1. The Morgan fingerprint density at radius 1 is 0.725 bits per heavy atom. The van der Waals surface area contributed by atoms with E-state index >= 15 is 0 Å². The molecule has 2 aromatic rings. The van der Waals surface area contributed by atoms with E-state index in [1.165, 1.54) is 0 Å². The monoisotopic (exact) mass is 544 g/mol. The Morgan fingerprint density at radius 3 is 1.40 bits per heavy atom. The van der Waals surface area contributed by atoms with Crippen LogP contribution < -0.4 is 9.80 Å². The number of benzene rings is 2. The van der Waals surface area contributed by atoms with Crippen LogP contribution in [0.4, 0.5) is 11.4 Å². The number of nitrogens with zero attached hydrogens (tertiary/aromatic N) is 4. The lowest BCUT2D eigenvalue weighted by Crippen LogP contribution is -2.60. The summed E-state index contributed by atoms with van der Waals surface area (Å²) in [5, 5.41) is 17.9. The maximum absolute atomic E-state index is 14.1. The normalized spacial score (nSPS) is 30.0. The minimum atomic E-state index is -0.729. The number of anilines is 2. The minimum Gasteiger partial charge on any atom is -0.361 e. The molecule has 0 radical (unpaired) electrons. The smallest absolute Gasteiger partial charge is 0.183 e. The predicted molar refractivity (Wildman–Crippen MR) is 148 cm³/mol. The van der Waals surface area contributed by atoms with E-state index in [0.717, 1.165) is 22.5 Å². The van der Waals surface area contributed by atoms with Crippen LogP contribution in [0.5, 0.6) is 0 Å². The summed E-state index contributed by atoms with van der Waals surface area (Å²) < 4.78 is 24.7. The molecule has 3 aliphatic rings. The second-order valence-corrected chi connectivity index (χ2v) is 11.5. The lowest BCUT2D eigenvalue weighted by Gasteiger charge is -2.52. The van der Waals surface area contributed by atoms with Crippen LogP contribution in [0.3, 0.4) is 0 Å². The van der Waals surface area contributed by atoms with E-state index in [9.17, 15) is 4.79 Å². The van der Waals surface area contributed by atoms with E-state index in [0.29, 0.717) is 52.4 Å².